The van der Waals surface area contributed by atoms with E-state index in [4.69, 9.17) is 4.74 Å². The fourth-order valence-corrected chi connectivity index (χ4v) is 24.0. The molecule has 0 aromatic heterocycles. The molecule has 776 valence electrons. The molecule has 1 amide bonds. The average Bonchev–Trinajstić information content (AvgIpc) is 0.744. The van der Waals surface area contributed by atoms with Crippen LogP contribution < -0.4 is 5.32 Å². The molecule has 0 spiro atoms. The number of methoxy groups -OCH3 is 1. The summed E-state index contributed by atoms with van der Waals surface area (Å²) in [5.74, 6) is 1.49. The molecule has 15 rings (SSSR count). The van der Waals surface area contributed by atoms with E-state index < -0.39 is 17.9 Å². The summed E-state index contributed by atoms with van der Waals surface area (Å²) in [6.07, 6.45) is 0. The Labute approximate surface area is 905 Å². The third kappa shape index (κ3) is 23.3. The van der Waals surface area contributed by atoms with Gasteiger partial charge in [0.05, 0.1) is 12.7 Å². The highest BCUT2D eigenvalue weighted by Gasteiger charge is 2.33. The van der Waals surface area contributed by atoms with E-state index in [0.29, 0.717) is 28.6 Å². The Kier molecular flexibility index (Phi) is 35.2. The molecule has 1 N–H and O–H groups in total. The van der Waals surface area contributed by atoms with Gasteiger partial charge >= 0.3 is 5.97 Å². The number of nitrogens with zero attached hydrogens (tertiary/aromatic N) is 1. The first-order chi connectivity index (χ1) is 71.4. The van der Waals surface area contributed by atoms with E-state index in [1.807, 2.05) is 0 Å². The van der Waals surface area contributed by atoms with Crippen LogP contribution in [0.1, 0.15) is 416 Å². The number of carbonyl (C=O) groups is 2. The standard InChI is InChI=1S/C143H164N2O4S/c1-80(2)114-43-34-44-115(81(3)4)133(114)106-67-100(68-107(75-106)134-116(82(5)6)45-35-46-117(134)83(7)8)96-61-97(101-69-108(135-118(84(9)10)47-36-48-119(135)85(11)12)76-109(70-101)136-120(86(13)14)49-37-50-121(136)87(15)16)64-104(63-96)130-59-42-60-131(141(130)142(146)144-132(79-150-145-148)143(147)149-33)105-65-98(102-71-110(137-122(88(17)18)51-38-52-123(137)89(19)20)77-111(72-102)138-124(90(21)22)53-39-54-125(138)91(23)24)62-99(66-105)103-73-112(139-126(92(25)26)55-40-56-127(139)93(27)28)78-113(74-103)140-128(94(29)30)57-41-58-129(140)95(31)32/h34-78,80-95,132H,79H2,1-33H3,(H,144,146)/t132-/m0/s1. The normalized spacial score (nSPS) is 12.3. The minimum Gasteiger partial charge on any atom is -0.467 e. The van der Waals surface area contributed by atoms with Crippen molar-refractivity contribution in [3.8, 4) is 156 Å². The Morgan fingerprint density at radius 1 is 0.213 bits per heavy atom. The predicted molar refractivity (Wildman–Crippen MR) is 649 cm³/mol. The van der Waals surface area contributed by atoms with E-state index in [1.165, 1.54) is 141 Å². The zero-order valence-corrected chi connectivity index (χ0v) is 96.8. The number of nitrogens with one attached hydrogen (secondary N) is 1. The molecule has 15 aromatic rings. The number of hydrogen-bond acceptors (Lipinski definition) is 6. The molecular formula is C143H164N2O4S. The lowest BCUT2D eigenvalue weighted by Crippen LogP contribution is -2.43. The molecule has 0 heterocycles. The molecule has 150 heavy (non-hydrogen) atoms. The quantitative estimate of drug-likeness (QED) is 0.0240. The van der Waals surface area contributed by atoms with E-state index >= 15 is 4.79 Å². The third-order valence-electron chi connectivity index (χ3n) is 31.2. The largest absolute Gasteiger partial charge is 0.467 e. The van der Waals surface area contributed by atoms with E-state index in [0.717, 1.165) is 100 Å². The monoisotopic (exact) mass is 2010 g/mol. The lowest BCUT2D eigenvalue weighted by atomic mass is 9.79. The van der Waals surface area contributed by atoms with Crippen molar-refractivity contribution in [2.75, 3.05) is 12.9 Å². The molecule has 0 saturated heterocycles. The molecular weight excluding hydrogens is 1840 g/mol. The van der Waals surface area contributed by atoms with Gasteiger partial charge in [0, 0.05) is 22.3 Å². The summed E-state index contributed by atoms with van der Waals surface area (Å²) in [6.45, 7) is 74.5. The van der Waals surface area contributed by atoms with E-state index in [-0.39, 0.29) is 100 Å². The maximum Gasteiger partial charge on any atom is 0.329 e. The van der Waals surface area contributed by atoms with Crippen molar-refractivity contribution in [3.05, 3.63) is 372 Å². The van der Waals surface area contributed by atoms with Crippen molar-refractivity contribution < 1.29 is 14.3 Å². The molecule has 0 fully saturated rings. The van der Waals surface area contributed by atoms with Gasteiger partial charge in [-0.15, -0.1) is 4.91 Å². The number of carbonyl (C=O) groups excluding carboxylic acids is 2. The highest BCUT2D eigenvalue weighted by atomic mass is 32.2. The first-order valence-corrected chi connectivity index (χ1v) is 56.8. The topological polar surface area (TPSA) is 84.8 Å². The number of hydrogen-bond donors (Lipinski definition) is 1. The fraction of sp³-hybridized carbons (Fsp3) is 0.357. The first kappa shape index (κ1) is 111. The van der Waals surface area contributed by atoms with Crippen LogP contribution in [0.15, 0.2) is 278 Å². The van der Waals surface area contributed by atoms with Crippen LogP contribution in [0.3, 0.4) is 0 Å². The molecule has 0 aliphatic carbocycles. The zero-order chi connectivity index (χ0) is 108. The molecule has 15 aromatic carbocycles. The Morgan fingerprint density at radius 2 is 0.347 bits per heavy atom. The number of ether oxygens (including phenoxy) is 1. The molecule has 0 radical (unpaired) electrons. The Balaban J connectivity index is 1.18. The number of amides is 1. The molecule has 0 aliphatic rings. The van der Waals surface area contributed by atoms with Crippen molar-refractivity contribution in [1.82, 2.24) is 5.32 Å². The summed E-state index contributed by atoms with van der Waals surface area (Å²) in [4.78, 5) is 45.3. The SMILES string of the molecule is COC(=O)[C@H](CSN=O)NC(=O)c1c(-c2cc(-c3cc(-c4c(C(C)C)cccc4C(C)C)cc(-c4c(C(C)C)cccc4C(C)C)c3)cc(-c3cc(-c4c(C(C)C)cccc4C(C)C)cc(-c4c(C(C)C)cccc4C(C)C)c3)c2)cccc1-c1cc(-c2cc(-c3c(C(C)C)cccc3C(C)C)cc(-c3c(C(C)C)cccc3C(C)C)c2)cc(-c2cc(-c3c(C(C)C)cccc3C(C)C)cc(-c3c(C(C)C)cccc3C(C)C)c2)c1. The van der Waals surface area contributed by atoms with Crippen LogP contribution in [0.2, 0.25) is 0 Å². The number of rotatable bonds is 36. The zero-order valence-electron chi connectivity index (χ0n) is 96.0. The Bertz CT molecular complexity index is 6160. The van der Waals surface area contributed by atoms with Crippen molar-refractivity contribution in [2.45, 2.75) is 322 Å². The van der Waals surface area contributed by atoms with Crippen LogP contribution in [0.25, 0.3) is 156 Å². The van der Waals surface area contributed by atoms with Crippen molar-refractivity contribution in [3.63, 3.8) is 0 Å². The second kappa shape index (κ2) is 47.4. The average molecular weight is 2010 g/mol. The number of nitroso groups, excluding NO2 is 1. The maximum atomic E-state index is 17.8. The second-order valence-corrected chi connectivity index (χ2v) is 48.1. The second-order valence-electron chi connectivity index (χ2n) is 47.4. The van der Waals surface area contributed by atoms with Gasteiger partial charge in [0.1, 0.15) is 6.04 Å². The molecule has 6 nitrogen and oxygen atoms in total. The summed E-state index contributed by atoms with van der Waals surface area (Å²) >= 11 is 0.683. The summed E-state index contributed by atoms with van der Waals surface area (Å²) < 4.78 is 8.96. The van der Waals surface area contributed by atoms with Crippen molar-refractivity contribution >= 4 is 23.8 Å². The highest BCUT2D eigenvalue weighted by Crippen LogP contribution is 2.54. The van der Waals surface area contributed by atoms with Gasteiger partial charge in [0.15, 0.2) is 0 Å². The minimum atomic E-state index is -1.31. The molecule has 1 atom stereocenters. The van der Waals surface area contributed by atoms with Crippen molar-refractivity contribution in [1.29, 1.82) is 0 Å². The molecule has 7 heteroatoms. The predicted octanol–water partition coefficient (Wildman–Crippen LogP) is 42.7. The minimum absolute atomic E-state index is 0.182. The number of esters is 1. The third-order valence-corrected chi connectivity index (χ3v) is 31.8. The van der Waals surface area contributed by atoms with Crippen LogP contribution >= 0.6 is 11.9 Å². The van der Waals surface area contributed by atoms with Crippen LogP contribution in [0, 0.1) is 4.91 Å². The lowest BCUT2D eigenvalue weighted by Gasteiger charge is -2.25. The van der Waals surface area contributed by atoms with Crippen LogP contribution in [-0.2, 0) is 9.53 Å². The summed E-state index contributed by atoms with van der Waals surface area (Å²) in [5, 5.41) is 3.33. The lowest BCUT2D eigenvalue weighted by molar-refractivity contribution is -0.142. The van der Waals surface area contributed by atoms with E-state index in [1.54, 1.807) is 0 Å². The molecule has 0 unspecified atom stereocenters. The highest BCUT2D eigenvalue weighted by molar-refractivity contribution is 7.97. The maximum absolute atomic E-state index is 17.8. The molecule has 0 bridgehead atoms. The van der Waals surface area contributed by atoms with Gasteiger partial charge in [-0.1, -0.05) is 385 Å². The summed E-state index contributed by atoms with van der Waals surface area (Å²) in [5.41, 5.74) is 50.4. The fourth-order valence-electron chi connectivity index (χ4n) is 23.6. The van der Waals surface area contributed by atoms with Gasteiger partial charge in [-0.2, -0.15) is 0 Å². The van der Waals surface area contributed by atoms with Gasteiger partial charge in [-0.3, -0.25) is 4.79 Å². The smallest absolute Gasteiger partial charge is 0.329 e. The number of benzene rings is 15. The van der Waals surface area contributed by atoms with Crippen molar-refractivity contribution in [2.24, 2.45) is 4.58 Å². The summed E-state index contributed by atoms with van der Waals surface area (Å²) in [6, 6.07) is 104. The molecule has 0 saturated carbocycles. The van der Waals surface area contributed by atoms with Crippen LogP contribution in [-0.4, -0.2) is 30.8 Å². The van der Waals surface area contributed by atoms with Crippen LogP contribution in [0.4, 0.5) is 0 Å². The van der Waals surface area contributed by atoms with Crippen LogP contribution in [0.5, 0.6) is 0 Å². The van der Waals surface area contributed by atoms with Gasteiger partial charge in [-0.05, 0) is 449 Å². The molecule has 0 aliphatic heterocycles. The Hall–Kier alpha value is -12.8. The first-order valence-electron chi connectivity index (χ1n) is 55.8. The summed E-state index contributed by atoms with van der Waals surface area (Å²) in [7, 11) is 1.33. The van der Waals surface area contributed by atoms with Gasteiger partial charge in [0.25, 0.3) is 5.91 Å². The Morgan fingerprint density at radius 3 is 0.487 bits per heavy atom. The van der Waals surface area contributed by atoms with E-state index in [9.17, 15) is 9.70 Å². The van der Waals surface area contributed by atoms with Gasteiger partial charge in [-0.25, -0.2) is 4.79 Å². The van der Waals surface area contributed by atoms with Gasteiger partial charge < -0.3 is 10.1 Å². The van der Waals surface area contributed by atoms with E-state index in [2.05, 4.69) is 504 Å². The van der Waals surface area contributed by atoms with Gasteiger partial charge in [0.2, 0.25) is 0 Å².